The molecule has 0 saturated heterocycles. The van der Waals surface area contributed by atoms with E-state index in [4.69, 9.17) is 34.8 Å². The number of nitrogens with one attached hydrogen (secondary N) is 1. The standard InChI is InChI=1S/C15H14Cl3NO2S2/c16-12-3-5-14(6-4-12)23(20,21)19-7-8-22-10-11-1-2-13(17)9-15(11)18/h1-6,9,19H,7-8,10H2. The zero-order valence-electron chi connectivity index (χ0n) is 11.9. The first-order valence-corrected chi connectivity index (χ1v) is 10.4. The fraction of sp³-hybridized carbons (Fsp3) is 0.200. The lowest BCUT2D eigenvalue weighted by Gasteiger charge is -2.08. The lowest BCUT2D eigenvalue weighted by atomic mass is 10.2. The van der Waals surface area contributed by atoms with Crippen LogP contribution in [0.25, 0.3) is 0 Å². The minimum absolute atomic E-state index is 0.202. The van der Waals surface area contributed by atoms with Crippen LogP contribution in [0.1, 0.15) is 5.56 Å². The average Bonchev–Trinajstić information content (AvgIpc) is 2.49. The molecule has 0 heterocycles. The van der Waals surface area contributed by atoms with Crippen LogP contribution in [0.2, 0.25) is 15.1 Å². The number of halogens is 3. The lowest BCUT2D eigenvalue weighted by Crippen LogP contribution is -2.26. The quantitative estimate of drug-likeness (QED) is 0.663. The molecule has 0 spiro atoms. The molecule has 0 unspecified atom stereocenters. The van der Waals surface area contributed by atoms with Crippen molar-refractivity contribution in [1.29, 1.82) is 0 Å². The molecule has 1 N–H and O–H groups in total. The van der Waals surface area contributed by atoms with E-state index in [9.17, 15) is 8.42 Å². The second kappa shape index (κ2) is 8.60. The summed E-state index contributed by atoms with van der Waals surface area (Å²) < 4.78 is 26.7. The molecule has 3 nitrogen and oxygen atoms in total. The highest BCUT2D eigenvalue weighted by Gasteiger charge is 2.12. The van der Waals surface area contributed by atoms with Crippen LogP contribution >= 0.6 is 46.6 Å². The van der Waals surface area contributed by atoms with E-state index >= 15 is 0 Å². The Balaban J connectivity index is 1.79. The van der Waals surface area contributed by atoms with Crippen LogP contribution in [0.15, 0.2) is 47.4 Å². The summed E-state index contributed by atoms with van der Waals surface area (Å²) in [5.41, 5.74) is 0.974. The monoisotopic (exact) mass is 409 g/mol. The summed E-state index contributed by atoms with van der Waals surface area (Å²) >= 11 is 19.3. The number of sulfonamides is 1. The molecule has 0 aliphatic carbocycles. The molecule has 0 saturated carbocycles. The van der Waals surface area contributed by atoms with Gasteiger partial charge in [-0.15, -0.1) is 0 Å². The van der Waals surface area contributed by atoms with Crippen molar-refractivity contribution < 1.29 is 8.42 Å². The summed E-state index contributed by atoms with van der Waals surface area (Å²) in [5, 5.41) is 1.71. The molecule has 2 aromatic rings. The summed E-state index contributed by atoms with van der Waals surface area (Å²) in [6, 6.07) is 11.4. The van der Waals surface area contributed by atoms with Gasteiger partial charge in [-0.1, -0.05) is 40.9 Å². The lowest BCUT2D eigenvalue weighted by molar-refractivity contribution is 0.584. The van der Waals surface area contributed by atoms with E-state index < -0.39 is 10.0 Å². The van der Waals surface area contributed by atoms with Gasteiger partial charge in [0.05, 0.1) is 4.90 Å². The highest BCUT2D eigenvalue weighted by atomic mass is 35.5. The fourth-order valence-corrected chi connectivity index (χ4v) is 4.47. The van der Waals surface area contributed by atoms with E-state index in [1.165, 1.54) is 12.1 Å². The van der Waals surface area contributed by atoms with Crippen molar-refractivity contribution in [2.24, 2.45) is 0 Å². The van der Waals surface area contributed by atoms with Gasteiger partial charge in [-0.05, 0) is 42.0 Å². The largest absolute Gasteiger partial charge is 0.240 e. The maximum Gasteiger partial charge on any atom is 0.240 e. The Bertz CT molecular complexity index is 765. The van der Waals surface area contributed by atoms with Gasteiger partial charge in [-0.2, -0.15) is 11.8 Å². The van der Waals surface area contributed by atoms with Crippen molar-refractivity contribution in [3.63, 3.8) is 0 Å². The molecule has 8 heteroatoms. The van der Waals surface area contributed by atoms with Crippen LogP contribution in [-0.4, -0.2) is 20.7 Å². The van der Waals surface area contributed by atoms with Crippen molar-refractivity contribution in [3.8, 4) is 0 Å². The van der Waals surface area contributed by atoms with Crippen LogP contribution < -0.4 is 4.72 Å². The Hall–Kier alpha value is -0.430. The molecular weight excluding hydrogens is 397 g/mol. The first-order valence-electron chi connectivity index (χ1n) is 6.65. The first kappa shape index (κ1) is 18.9. The van der Waals surface area contributed by atoms with Crippen molar-refractivity contribution in [2.45, 2.75) is 10.6 Å². The molecule has 0 aromatic heterocycles. The summed E-state index contributed by atoms with van der Waals surface area (Å²) in [5.74, 6) is 1.32. The van der Waals surface area contributed by atoms with Gasteiger partial charge in [-0.3, -0.25) is 0 Å². The predicted octanol–water partition coefficient (Wildman–Crippen LogP) is 4.86. The topological polar surface area (TPSA) is 46.2 Å². The summed E-state index contributed by atoms with van der Waals surface area (Å²) in [6.07, 6.45) is 0. The fourth-order valence-electron chi connectivity index (χ4n) is 1.77. The van der Waals surface area contributed by atoms with E-state index in [-0.39, 0.29) is 4.90 Å². The first-order chi connectivity index (χ1) is 10.9. The second-order valence-corrected chi connectivity index (χ2v) is 8.79. The highest BCUT2D eigenvalue weighted by Crippen LogP contribution is 2.24. The van der Waals surface area contributed by atoms with E-state index in [1.54, 1.807) is 36.0 Å². The molecule has 0 amide bonds. The number of hydrogen-bond acceptors (Lipinski definition) is 3. The zero-order valence-corrected chi connectivity index (χ0v) is 15.8. The maximum atomic E-state index is 12.1. The summed E-state index contributed by atoms with van der Waals surface area (Å²) in [7, 11) is -3.50. The van der Waals surface area contributed by atoms with E-state index in [1.807, 2.05) is 6.07 Å². The number of thioether (sulfide) groups is 1. The Kier molecular flexibility index (Phi) is 7.07. The molecule has 2 rings (SSSR count). The van der Waals surface area contributed by atoms with Gasteiger partial charge in [0.1, 0.15) is 0 Å². The van der Waals surface area contributed by atoms with E-state index in [0.29, 0.717) is 33.1 Å². The molecule has 0 fully saturated rings. The molecule has 0 radical (unpaired) electrons. The average molecular weight is 411 g/mol. The van der Waals surface area contributed by atoms with Gasteiger partial charge in [0.15, 0.2) is 0 Å². The third kappa shape index (κ3) is 5.85. The third-order valence-corrected chi connectivity index (χ3v) is 6.26. The minimum atomic E-state index is -3.50. The molecule has 0 atom stereocenters. The van der Waals surface area contributed by atoms with Crippen molar-refractivity contribution in [2.75, 3.05) is 12.3 Å². The molecular formula is C15H14Cl3NO2S2. The van der Waals surface area contributed by atoms with Gasteiger partial charge < -0.3 is 0 Å². The Morgan fingerprint density at radius 1 is 0.957 bits per heavy atom. The Labute approximate surface area is 155 Å². The summed E-state index contributed by atoms with van der Waals surface area (Å²) in [6.45, 7) is 0.334. The third-order valence-electron chi connectivity index (χ3n) is 2.94. The van der Waals surface area contributed by atoms with Gasteiger partial charge in [0.25, 0.3) is 0 Å². The predicted molar refractivity (Wildman–Crippen MR) is 99.3 cm³/mol. The minimum Gasteiger partial charge on any atom is -0.210 e. The molecule has 0 bridgehead atoms. The molecule has 23 heavy (non-hydrogen) atoms. The van der Waals surface area contributed by atoms with Crippen LogP contribution in [0.4, 0.5) is 0 Å². The van der Waals surface area contributed by atoms with Crippen LogP contribution in [-0.2, 0) is 15.8 Å². The smallest absolute Gasteiger partial charge is 0.210 e. The van der Waals surface area contributed by atoms with Crippen molar-refractivity contribution >= 4 is 56.6 Å². The molecule has 2 aromatic carbocycles. The van der Waals surface area contributed by atoms with Crippen LogP contribution in [0.5, 0.6) is 0 Å². The number of hydrogen-bond donors (Lipinski definition) is 1. The van der Waals surface area contributed by atoms with Crippen molar-refractivity contribution in [1.82, 2.24) is 4.72 Å². The van der Waals surface area contributed by atoms with E-state index in [2.05, 4.69) is 4.72 Å². The van der Waals surface area contributed by atoms with Gasteiger partial charge >= 0.3 is 0 Å². The normalized spacial score (nSPS) is 11.6. The van der Waals surface area contributed by atoms with Crippen molar-refractivity contribution in [3.05, 3.63) is 63.1 Å². The Morgan fingerprint density at radius 2 is 1.61 bits per heavy atom. The second-order valence-electron chi connectivity index (χ2n) is 4.64. The molecule has 124 valence electrons. The van der Waals surface area contributed by atoms with E-state index in [0.717, 1.165) is 5.56 Å². The zero-order chi connectivity index (χ0) is 16.9. The van der Waals surface area contributed by atoms with Gasteiger partial charge in [0, 0.05) is 33.1 Å². The van der Waals surface area contributed by atoms with Crippen LogP contribution in [0.3, 0.4) is 0 Å². The van der Waals surface area contributed by atoms with Crippen LogP contribution in [0, 0.1) is 0 Å². The van der Waals surface area contributed by atoms with Gasteiger partial charge in [0.2, 0.25) is 10.0 Å². The summed E-state index contributed by atoms with van der Waals surface area (Å²) in [4.78, 5) is 0.202. The number of benzene rings is 2. The molecule has 0 aliphatic rings. The highest BCUT2D eigenvalue weighted by molar-refractivity contribution is 7.98. The van der Waals surface area contributed by atoms with Gasteiger partial charge in [-0.25, -0.2) is 13.1 Å². The molecule has 0 aliphatic heterocycles. The Morgan fingerprint density at radius 3 is 2.26 bits per heavy atom. The SMILES string of the molecule is O=S(=O)(NCCSCc1ccc(Cl)cc1Cl)c1ccc(Cl)cc1. The number of rotatable bonds is 7. The maximum absolute atomic E-state index is 12.1.